The first kappa shape index (κ1) is 21.6. The summed E-state index contributed by atoms with van der Waals surface area (Å²) in [7, 11) is 0. The van der Waals surface area contributed by atoms with Crippen molar-refractivity contribution in [2.45, 2.75) is 17.1 Å². The van der Waals surface area contributed by atoms with Crippen LogP contribution in [0.5, 0.6) is 0 Å². The van der Waals surface area contributed by atoms with Gasteiger partial charge in [0.25, 0.3) is 0 Å². The second-order valence-electron chi connectivity index (χ2n) is 6.78. The van der Waals surface area contributed by atoms with Crippen molar-refractivity contribution >= 4 is 17.7 Å². The highest BCUT2D eigenvalue weighted by atomic mass is 32.2. The number of primary amides is 1. The molecule has 4 aromatic rings. The van der Waals surface area contributed by atoms with E-state index in [0.717, 1.165) is 17.7 Å². The zero-order chi connectivity index (χ0) is 22.7. The lowest BCUT2D eigenvalue weighted by Crippen LogP contribution is -2.10. The molecule has 32 heavy (non-hydrogen) atoms. The van der Waals surface area contributed by atoms with Crippen LogP contribution in [0.3, 0.4) is 0 Å². The van der Waals surface area contributed by atoms with Crippen LogP contribution in [0, 0.1) is 0 Å². The van der Waals surface area contributed by atoms with E-state index < -0.39 is 17.6 Å². The van der Waals surface area contributed by atoms with Crippen molar-refractivity contribution in [1.82, 2.24) is 19.7 Å². The molecule has 0 atom stereocenters. The summed E-state index contributed by atoms with van der Waals surface area (Å²) in [6, 6.07) is 15.3. The lowest BCUT2D eigenvalue weighted by molar-refractivity contribution is -0.137. The van der Waals surface area contributed by atoms with E-state index in [1.54, 1.807) is 53.4 Å². The van der Waals surface area contributed by atoms with E-state index in [1.165, 1.54) is 17.8 Å². The maximum atomic E-state index is 13.3. The van der Waals surface area contributed by atoms with Crippen molar-refractivity contribution in [2.75, 3.05) is 0 Å². The summed E-state index contributed by atoms with van der Waals surface area (Å²) in [6.45, 7) is 0. The molecule has 0 spiro atoms. The van der Waals surface area contributed by atoms with Crippen molar-refractivity contribution in [2.24, 2.45) is 5.73 Å². The number of amides is 1. The number of thioether (sulfide) groups is 1. The lowest BCUT2D eigenvalue weighted by Gasteiger charge is -2.13. The van der Waals surface area contributed by atoms with Crippen LogP contribution in [0.1, 0.15) is 21.5 Å². The number of aromatic nitrogens is 4. The molecule has 2 N–H and O–H groups in total. The van der Waals surface area contributed by atoms with Gasteiger partial charge in [-0.1, -0.05) is 30.0 Å². The highest BCUT2D eigenvalue weighted by molar-refractivity contribution is 7.98. The Kier molecular flexibility index (Phi) is 5.95. The van der Waals surface area contributed by atoms with Crippen molar-refractivity contribution in [3.63, 3.8) is 0 Å². The molecular weight excluding hydrogens is 439 g/mol. The lowest BCUT2D eigenvalue weighted by atomic mass is 10.1. The third kappa shape index (κ3) is 4.65. The second kappa shape index (κ2) is 8.83. The summed E-state index contributed by atoms with van der Waals surface area (Å²) < 4.78 is 41.5. The van der Waals surface area contributed by atoms with Gasteiger partial charge in [0.1, 0.15) is 0 Å². The van der Waals surface area contributed by atoms with E-state index in [2.05, 4.69) is 15.2 Å². The van der Waals surface area contributed by atoms with Gasteiger partial charge >= 0.3 is 6.18 Å². The monoisotopic (exact) mass is 455 g/mol. The molecule has 6 nitrogen and oxygen atoms in total. The molecule has 0 aliphatic heterocycles. The average molecular weight is 455 g/mol. The van der Waals surface area contributed by atoms with Crippen LogP contribution in [-0.2, 0) is 11.9 Å². The maximum Gasteiger partial charge on any atom is 0.416 e. The number of benzene rings is 2. The minimum absolute atomic E-state index is 0.275. The van der Waals surface area contributed by atoms with E-state index in [4.69, 9.17) is 5.73 Å². The van der Waals surface area contributed by atoms with Gasteiger partial charge < -0.3 is 5.73 Å². The maximum absolute atomic E-state index is 13.3. The summed E-state index contributed by atoms with van der Waals surface area (Å²) in [5.41, 5.74) is 6.64. The molecule has 0 fully saturated rings. The van der Waals surface area contributed by atoms with Crippen LogP contribution in [0.25, 0.3) is 17.1 Å². The summed E-state index contributed by atoms with van der Waals surface area (Å²) in [5, 5.41) is 8.81. The number of pyridine rings is 1. The third-order valence-electron chi connectivity index (χ3n) is 4.56. The van der Waals surface area contributed by atoms with Gasteiger partial charge in [-0.3, -0.25) is 14.3 Å². The summed E-state index contributed by atoms with van der Waals surface area (Å²) in [6.07, 6.45) is -1.32. The second-order valence-corrected chi connectivity index (χ2v) is 7.73. The number of rotatable bonds is 6. The first-order valence-electron chi connectivity index (χ1n) is 9.38. The predicted octanol–water partition coefficient (Wildman–Crippen LogP) is 4.74. The van der Waals surface area contributed by atoms with E-state index in [-0.39, 0.29) is 5.69 Å². The summed E-state index contributed by atoms with van der Waals surface area (Å²) in [5.74, 6) is 0.235. The average Bonchev–Trinajstić information content (AvgIpc) is 3.22. The molecule has 10 heteroatoms. The van der Waals surface area contributed by atoms with Gasteiger partial charge in [0, 0.05) is 29.3 Å². The molecule has 0 bridgehead atoms. The van der Waals surface area contributed by atoms with Gasteiger partial charge in [-0.25, -0.2) is 0 Å². The minimum Gasteiger partial charge on any atom is -0.366 e. The van der Waals surface area contributed by atoms with E-state index in [1.807, 2.05) is 6.07 Å². The number of hydrogen-bond acceptors (Lipinski definition) is 5. The van der Waals surface area contributed by atoms with Crippen LogP contribution in [0.2, 0.25) is 0 Å². The molecule has 2 aromatic carbocycles. The predicted molar refractivity (Wildman–Crippen MR) is 114 cm³/mol. The quantitative estimate of drug-likeness (QED) is 0.425. The molecule has 0 unspecified atom stereocenters. The van der Waals surface area contributed by atoms with Crippen LogP contribution in [0.4, 0.5) is 13.2 Å². The van der Waals surface area contributed by atoms with Gasteiger partial charge in [-0.2, -0.15) is 13.2 Å². The first-order chi connectivity index (χ1) is 15.3. The van der Waals surface area contributed by atoms with E-state index >= 15 is 0 Å². The number of alkyl halides is 3. The number of nitrogens with two attached hydrogens (primary N) is 1. The fourth-order valence-electron chi connectivity index (χ4n) is 3.06. The molecule has 1 amide bonds. The van der Waals surface area contributed by atoms with E-state index in [9.17, 15) is 18.0 Å². The van der Waals surface area contributed by atoms with Crippen molar-refractivity contribution in [3.8, 4) is 17.1 Å². The number of hydrogen-bond donors (Lipinski definition) is 1. The first-order valence-corrected chi connectivity index (χ1v) is 10.4. The SMILES string of the molecule is NC(=O)c1cccc(CSc2nnc(-c3cccnc3)n2-c2cccc(C(F)(F)F)c2)c1. The molecule has 2 heterocycles. The molecule has 0 aliphatic rings. The van der Waals surface area contributed by atoms with E-state index in [0.29, 0.717) is 27.9 Å². The highest BCUT2D eigenvalue weighted by Crippen LogP contribution is 2.34. The Morgan fingerprint density at radius 1 is 1.03 bits per heavy atom. The Balaban J connectivity index is 1.75. The Bertz CT molecular complexity index is 1260. The Labute approximate surface area is 185 Å². The van der Waals surface area contributed by atoms with Crippen molar-refractivity contribution in [3.05, 3.63) is 89.7 Å². The van der Waals surface area contributed by atoms with Gasteiger partial charge in [-0.05, 0) is 48.0 Å². The zero-order valence-electron chi connectivity index (χ0n) is 16.5. The topological polar surface area (TPSA) is 86.7 Å². The normalized spacial score (nSPS) is 11.5. The number of carbonyl (C=O) groups excluding carboxylic acids is 1. The van der Waals surface area contributed by atoms with Crippen LogP contribution in [-0.4, -0.2) is 25.7 Å². The van der Waals surface area contributed by atoms with Crippen LogP contribution >= 0.6 is 11.8 Å². The Hall–Kier alpha value is -3.66. The molecular formula is C22H16F3N5OS. The standard InChI is InChI=1S/C22H16F3N5OS/c23-22(24,25)17-7-2-8-18(11-17)30-20(16-6-3-9-27-12-16)28-29-21(30)32-13-14-4-1-5-15(10-14)19(26)31/h1-12H,13H2,(H2,26,31). The highest BCUT2D eigenvalue weighted by Gasteiger charge is 2.31. The van der Waals surface area contributed by atoms with Gasteiger partial charge in [-0.15, -0.1) is 10.2 Å². The third-order valence-corrected chi connectivity index (χ3v) is 5.56. The fraction of sp³-hybridized carbons (Fsp3) is 0.0909. The smallest absolute Gasteiger partial charge is 0.366 e. The number of halogens is 3. The van der Waals surface area contributed by atoms with Crippen LogP contribution < -0.4 is 5.73 Å². The molecule has 0 saturated heterocycles. The molecule has 0 aliphatic carbocycles. The largest absolute Gasteiger partial charge is 0.416 e. The molecule has 162 valence electrons. The molecule has 0 saturated carbocycles. The summed E-state index contributed by atoms with van der Waals surface area (Å²) in [4.78, 5) is 15.5. The Morgan fingerprint density at radius 3 is 2.56 bits per heavy atom. The van der Waals surface area contributed by atoms with Crippen molar-refractivity contribution in [1.29, 1.82) is 0 Å². The minimum atomic E-state index is -4.49. The van der Waals surface area contributed by atoms with Gasteiger partial charge in [0.05, 0.1) is 11.3 Å². The fourth-order valence-corrected chi connectivity index (χ4v) is 3.96. The number of carbonyl (C=O) groups is 1. The number of nitrogens with zero attached hydrogens (tertiary/aromatic N) is 4. The molecule has 0 radical (unpaired) electrons. The molecule has 4 rings (SSSR count). The van der Waals surface area contributed by atoms with Crippen LogP contribution in [0.15, 0.2) is 78.2 Å². The zero-order valence-corrected chi connectivity index (χ0v) is 17.3. The summed E-state index contributed by atoms with van der Waals surface area (Å²) >= 11 is 1.28. The molecule has 2 aromatic heterocycles. The Morgan fingerprint density at radius 2 is 1.84 bits per heavy atom. The van der Waals surface area contributed by atoms with Gasteiger partial charge in [0.2, 0.25) is 5.91 Å². The van der Waals surface area contributed by atoms with Gasteiger partial charge in [0.15, 0.2) is 11.0 Å². The van der Waals surface area contributed by atoms with Crippen molar-refractivity contribution < 1.29 is 18.0 Å².